The lowest BCUT2D eigenvalue weighted by atomic mass is 9.93. The standard InChI is InChI=1S/C25H36N4O3S/c1-18(2)29(20-8-5-4-6-9-20)23(30)17-33-25-27-26-24(19-11-13-21(31-3)14-12-19)28(25)16-22-10-7-15-32-22/h11-14,18,20,22H,4-10,15-17H2,1-3H3. The third kappa shape index (κ3) is 5.90. The minimum absolute atomic E-state index is 0.155. The molecule has 1 saturated carbocycles. The Morgan fingerprint density at radius 1 is 1.15 bits per heavy atom. The van der Waals surface area contributed by atoms with Crippen LogP contribution in [0.3, 0.4) is 0 Å². The van der Waals surface area contributed by atoms with Gasteiger partial charge in [-0.1, -0.05) is 31.0 Å². The molecule has 2 aliphatic rings. The molecule has 180 valence electrons. The topological polar surface area (TPSA) is 69.5 Å². The van der Waals surface area contributed by atoms with E-state index in [0.717, 1.165) is 54.6 Å². The number of methoxy groups -OCH3 is 1. The first-order chi connectivity index (χ1) is 16.1. The van der Waals surface area contributed by atoms with Crippen LogP contribution in [0.25, 0.3) is 11.4 Å². The molecule has 1 aliphatic carbocycles. The summed E-state index contributed by atoms with van der Waals surface area (Å²) in [6.07, 6.45) is 8.22. The summed E-state index contributed by atoms with van der Waals surface area (Å²) in [6, 6.07) is 8.44. The molecule has 2 aromatic rings. The summed E-state index contributed by atoms with van der Waals surface area (Å²) >= 11 is 1.49. The van der Waals surface area contributed by atoms with Crippen molar-refractivity contribution in [1.82, 2.24) is 19.7 Å². The minimum Gasteiger partial charge on any atom is -0.497 e. The lowest BCUT2D eigenvalue weighted by molar-refractivity contribution is -0.133. The molecule has 4 rings (SSSR count). The minimum atomic E-state index is 0.155. The van der Waals surface area contributed by atoms with E-state index in [9.17, 15) is 4.79 Å². The van der Waals surface area contributed by atoms with Gasteiger partial charge < -0.3 is 14.4 Å². The van der Waals surface area contributed by atoms with Crippen LogP contribution < -0.4 is 4.74 Å². The molecule has 1 saturated heterocycles. The van der Waals surface area contributed by atoms with Crippen molar-refractivity contribution in [2.45, 2.75) is 88.7 Å². The molecule has 2 heterocycles. The Labute approximate surface area is 201 Å². The maximum absolute atomic E-state index is 13.3. The summed E-state index contributed by atoms with van der Waals surface area (Å²) in [5, 5.41) is 9.76. The van der Waals surface area contributed by atoms with Crippen molar-refractivity contribution in [3.05, 3.63) is 24.3 Å². The van der Waals surface area contributed by atoms with Crippen LogP contribution in [-0.4, -0.2) is 63.2 Å². The van der Waals surface area contributed by atoms with Gasteiger partial charge in [-0.15, -0.1) is 10.2 Å². The number of ether oxygens (including phenoxy) is 2. The van der Waals surface area contributed by atoms with Crippen molar-refractivity contribution in [3.63, 3.8) is 0 Å². The van der Waals surface area contributed by atoms with Crippen LogP contribution in [0.4, 0.5) is 0 Å². The molecule has 33 heavy (non-hydrogen) atoms. The molecule has 1 aliphatic heterocycles. The average Bonchev–Trinajstić information content (AvgIpc) is 3.49. The maximum atomic E-state index is 13.3. The largest absolute Gasteiger partial charge is 0.497 e. The van der Waals surface area contributed by atoms with Crippen LogP contribution in [0.1, 0.15) is 58.8 Å². The average molecular weight is 473 g/mol. The summed E-state index contributed by atoms with van der Waals surface area (Å²) in [5.74, 6) is 2.18. The van der Waals surface area contributed by atoms with Crippen LogP contribution >= 0.6 is 11.8 Å². The third-order valence-electron chi connectivity index (χ3n) is 6.61. The summed E-state index contributed by atoms with van der Waals surface area (Å²) < 4.78 is 13.3. The maximum Gasteiger partial charge on any atom is 0.233 e. The van der Waals surface area contributed by atoms with E-state index in [4.69, 9.17) is 9.47 Å². The Morgan fingerprint density at radius 3 is 2.55 bits per heavy atom. The number of benzene rings is 1. The highest BCUT2D eigenvalue weighted by atomic mass is 32.2. The monoisotopic (exact) mass is 472 g/mol. The molecule has 0 bridgehead atoms. The first-order valence-corrected chi connectivity index (χ1v) is 13.2. The SMILES string of the molecule is COc1ccc(-c2nnc(SCC(=O)N(C(C)C)C3CCCCC3)n2CC2CCCO2)cc1. The van der Waals surface area contributed by atoms with Crippen LogP contribution in [0.2, 0.25) is 0 Å². The zero-order valence-corrected chi connectivity index (χ0v) is 20.9. The van der Waals surface area contributed by atoms with Gasteiger partial charge in [0.25, 0.3) is 0 Å². The second-order valence-corrected chi connectivity index (χ2v) is 10.2. The van der Waals surface area contributed by atoms with E-state index in [0.29, 0.717) is 18.3 Å². The van der Waals surface area contributed by atoms with Gasteiger partial charge >= 0.3 is 0 Å². The molecule has 0 spiro atoms. The quantitative estimate of drug-likeness (QED) is 0.489. The molecule has 1 atom stereocenters. The molecular formula is C25H36N4O3S. The number of amides is 1. The number of carbonyl (C=O) groups excluding carboxylic acids is 1. The fraction of sp³-hybridized carbons (Fsp3) is 0.640. The number of thioether (sulfide) groups is 1. The molecule has 1 amide bonds. The predicted octanol–water partition coefficient (Wildman–Crippen LogP) is 4.79. The molecule has 1 aromatic carbocycles. The summed E-state index contributed by atoms with van der Waals surface area (Å²) in [6.45, 7) is 5.75. The first-order valence-electron chi connectivity index (χ1n) is 12.2. The Bertz CT molecular complexity index is 903. The zero-order valence-electron chi connectivity index (χ0n) is 20.0. The van der Waals surface area contributed by atoms with Gasteiger partial charge in [0.2, 0.25) is 5.91 Å². The molecule has 2 fully saturated rings. The Balaban J connectivity index is 1.52. The Morgan fingerprint density at radius 2 is 1.91 bits per heavy atom. The van der Waals surface area contributed by atoms with Crippen molar-refractivity contribution < 1.29 is 14.3 Å². The second kappa shape index (κ2) is 11.4. The zero-order chi connectivity index (χ0) is 23.2. The second-order valence-electron chi connectivity index (χ2n) is 9.26. The van der Waals surface area contributed by atoms with E-state index in [-0.39, 0.29) is 18.1 Å². The van der Waals surface area contributed by atoms with E-state index < -0.39 is 0 Å². The summed E-state index contributed by atoms with van der Waals surface area (Å²) in [5.41, 5.74) is 0.977. The molecule has 7 nitrogen and oxygen atoms in total. The van der Waals surface area contributed by atoms with Crippen molar-refractivity contribution in [3.8, 4) is 17.1 Å². The van der Waals surface area contributed by atoms with Gasteiger partial charge in [0.1, 0.15) is 5.75 Å². The molecule has 8 heteroatoms. The van der Waals surface area contributed by atoms with Crippen LogP contribution in [0, 0.1) is 0 Å². The third-order valence-corrected chi connectivity index (χ3v) is 7.56. The lowest BCUT2D eigenvalue weighted by Gasteiger charge is -2.37. The van der Waals surface area contributed by atoms with Gasteiger partial charge in [-0.25, -0.2) is 0 Å². The van der Waals surface area contributed by atoms with Crippen molar-refractivity contribution in [2.24, 2.45) is 0 Å². The van der Waals surface area contributed by atoms with Gasteiger partial charge in [0.15, 0.2) is 11.0 Å². The molecule has 1 aromatic heterocycles. The van der Waals surface area contributed by atoms with Gasteiger partial charge in [-0.3, -0.25) is 9.36 Å². The highest BCUT2D eigenvalue weighted by Gasteiger charge is 2.28. The van der Waals surface area contributed by atoms with E-state index in [1.165, 1.54) is 31.0 Å². The first kappa shape index (κ1) is 24.1. The Hall–Kier alpha value is -2.06. The summed E-state index contributed by atoms with van der Waals surface area (Å²) in [7, 11) is 1.66. The van der Waals surface area contributed by atoms with Crippen LogP contribution in [0.5, 0.6) is 5.75 Å². The number of rotatable bonds is 9. The molecule has 0 N–H and O–H groups in total. The van der Waals surface area contributed by atoms with Crippen molar-refractivity contribution in [2.75, 3.05) is 19.5 Å². The van der Waals surface area contributed by atoms with Crippen LogP contribution in [0.15, 0.2) is 29.4 Å². The van der Waals surface area contributed by atoms with E-state index in [2.05, 4.69) is 33.5 Å². The fourth-order valence-electron chi connectivity index (χ4n) is 4.98. The lowest BCUT2D eigenvalue weighted by Crippen LogP contribution is -2.46. The van der Waals surface area contributed by atoms with Crippen LogP contribution in [-0.2, 0) is 16.1 Å². The number of hydrogen-bond acceptors (Lipinski definition) is 6. The van der Waals surface area contributed by atoms with Gasteiger partial charge in [0, 0.05) is 24.3 Å². The molecule has 1 unspecified atom stereocenters. The highest BCUT2D eigenvalue weighted by molar-refractivity contribution is 7.99. The van der Waals surface area contributed by atoms with Gasteiger partial charge in [-0.2, -0.15) is 0 Å². The van der Waals surface area contributed by atoms with E-state index >= 15 is 0 Å². The smallest absolute Gasteiger partial charge is 0.233 e. The number of aromatic nitrogens is 3. The van der Waals surface area contributed by atoms with E-state index in [1.807, 2.05) is 24.3 Å². The summed E-state index contributed by atoms with van der Waals surface area (Å²) in [4.78, 5) is 15.4. The number of nitrogens with zero attached hydrogens (tertiary/aromatic N) is 4. The Kier molecular flexibility index (Phi) is 8.30. The fourth-order valence-corrected chi connectivity index (χ4v) is 5.80. The number of hydrogen-bond donors (Lipinski definition) is 0. The van der Waals surface area contributed by atoms with Gasteiger partial charge in [-0.05, 0) is 63.8 Å². The normalized spacial score (nSPS) is 19.2. The van der Waals surface area contributed by atoms with Crippen molar-refractivity contribution in [1.29, 1.82) is 0 Å². The van der Waals surface area contributed by atoms with Gasteiger partial charge in [0.05, 0.1) is 25.5 Å². The molecule has 0 radical (unpaired) electrons. The predicted molar refractivity (Wildman–Crippen MR) is 131 cm³/mol. The molecular weight excluding hydrogens is 436 g/mol. The highest BCUT2D eigenvalue weighted by Crippen LogP contribution is 2.29. The van der Waals surface area contributed by atoms with Crippen molar-refractivity contribution >= 4 is 17.7 Å². The number of carbonyl (C=O) groups is 1. The van der Waals surface area contributed by atoms with E-state index in [1.54, 1.807) is 7.11 Å².